The van der Waals surface area contributed by atoms with Crippen LogP contribution in [0, 0.1) is 6.92 Å². The van der Waals surface area contributed by atoms with E-state index in [0.29, 0.717) is 13.0 Å². The van der Waals surface area contributed by atoms with E-state index in [0.717, 1.165) is 16.5 Å². The minimum Gasteiger partial charge on any atom is -0.366 e. The Hall–Kier alpha value is -0.670. The molecule has 0 aliphatic rings. The number of ether oxygens (including phenoxy) is 1. The van der Waals surface area contributed by atoms with Crippen molar-refractivity contribution in [3.05, 3.63) is 33.8 Å². The third kappa shape index (κ3) is 3.93. The van der Waals surface area contributed by atoms with Gasteiger partial charge < -0.3 is 4.74 Å². The van der Waals surface area contributed by atoms with E-state index in [2.05, 4.69) is 15.9 Å². The second kappa shape index (κ2) is 6.92. The first-order valence-electron chi connectivity index (χ1n) is 6.00. The topological polar surface area (TPSA) is 26.3 Å². The summed E-state index contributed by atoms with van der Waals surface area (Å²) in [6.45, 7) is 6.54. The zero-order valence-corrected chi connectivity index (χ0v) is 12.2. The fraction of sp³-hybridized carbons (Fsp3) is 0.500. The van der Waals surface area contributed by atoms with Crippen LogP contribution in [0.15, 0.2) is 22.7 Å². The molecule has 1 aromatic rings. The van der Waals surface area contributed by atoms with Crippen molar-refractivity contribution in [2.45, 2.75) is 39.7 Å². The summed E-state index contributed by atoms with van der Waals surface area (Å²) < 4.78 is 6.62. The number of Topliss-reactive ketones (excluding diaryl/α,β-unsaturated/α-hetero) is 1. The third-order valence-corrected chi connectivity index (χ3v) is 3.25. The standard InChI is InChI=1S/C14H19BrO2/c1-4-8-17-14(13(16)5-2)11-7-6-10(3)9-12(11)15/h6-7,9,14H,4-5,8H2,1-3H3. The molecule has 0 fully saturated rings. The molecule has 0 heterocycles. The van der Waals surface area contributed by atoms with Gasteiger partial charge in [0.25, 0.3) is 0 Å². The Morgan fingerprint density at radius 3 is 2.65 bits per heavy atom. The van der Waals surface area contributed by atoms with Crippen molar-refractivity contribution in [1.29, 1.82) is 0 Å². The molecule has 0 saturated heterocycles. The number of rotatable bonds is 6. The van der Waals surface area contributed by atoms with Crippen LogP contribution in [0.2, 0.25) is 0 Å². The van der Waals surface area contributed by atoms with Gasteiger partial charge in [0, 0.05) is 23.1 Å². The number of aryl methyl sites for hydroxylation is 1. The van der Waals surface area contributed by atoms with E-state index in [1.54, 1.807) is 0 Å². The highest BCUT2D eigenvalue weighted by atomic mass is 79.9. The van der Waals surface area contributed by atoms with E-state index in [-0.39, 0.29) is 5.78 Å². The monoisotopic (exact) mass is 298 g/mol. The van der Waals surface area contributed by atoms with E-state index in [1.165, 1.54) is 5.56 Å². The summed E-state index contributed by atoms with van der Waals surface area (Å²) in [7, 11) is 0. The first-order valence-corrected chi connectivity index (χ1v) is 6.79. The smallest absolute Gasteiger partial charge is 0.165 e. The number of carbonyl (C=O) groups excluding carboxylic acids is 1. The summed E-state index contributed by atoms with van der Waals surface area (Å²) in [5.74, 6) is 0.128. The first kappa shape index (κ1) is 14.4. The molecule has 0 amide bonds. The van der Waals surface area contributed by atoms with Crippen molar-refractivity contribution >= 4 is 21.7 Å². The number of hydrogen-bond acceptors (Lipinski definition) is 2. The normalized spacial score (nSPS) is 12.5. The van der Waals surface area contributed by atoms with E-state index in [1.807, 2.05) is 39.0 Å². The Bertz CT molecular complexity index is 388. The maximum Gasteiger partial charge on any atom is 0.165 e. The minimum absolute atomic E-state index is 0.128. The molecule has 94 valence electrons. The van der Waals surface area contributed by atoms with E-state index in [4.69, 9.17) is 4.74 Å². The lowest BCUT2D eigenvalue weighted by Gasteiger charge is -2.18. The molecule has 0 N–H and O–H groups in total. The van der Waals surface area contributed by atoms with Gasteiger partial charge in [-0.05, 0) is 25.0 Å². The molecule has 0 aliphatic carbocycles. The molecule has 1 rings (SSSR count). The van der Waals surface area contributed by atoms with Gasteiger partial charge in [-0.1, -0.05) is 41.9 Å². The highest BCUT2D eigenvalue weighted by Gasteiger charge is 2.21. The maximum atomic E-state index is 11.9. The number of hydrogen-bond donors (Lipinski definition) is 0. The second-order valence-corrected chi connectivity index (χ2v) is 4.95. The zero-order chi connectivity index (χ0) is 12.8. The van der Waals surface area contributed by atoms with Crippen LogP contribution in [0.5, 0.6) is 0 Å². The average molecular weight is 299 g/mol. The first-order chi connectivity index (χ1) is 8.10. The van der Waals surface area contributed by atoms with Crippen LogP contribution < -0.4 is 0 Å². The van der Waals surface area contributed by atoms with Gasteiger partial charge in [-0.15, -0.1) is 0 Å². The molecule has 1 atom stereocenters. The van der Waals surface area contributed by atoms with Gasteiger partial charge in [0.15, 0.2) is 5.78 Å². The minimum atomic E-state index is -0.435. The lowest BCUT2D eigenvalue weighted by Crippen LogP contribution is -2.16. The predicted octanol–water partition coefficient (Wildman–Crippen LogP) is 4.20. The molecular weight excluding hydrogens is 280 g/mol. The Morgan fingerprint density at radius 2 is 2.12 bits per heavy atom. The highest BCUT2D eigenvalue weighted by Crippen LogP contribution is 2.28. The quantitative estimate of drug-likeness (QED) is 0.786. The molecule has 1 unspecified atom stereocenters. The average Bonchev–Trinajstić information content (AvgIpc) is 2.31. The summed E-state index contributed by atoms with van der Waals surface area (Å²) in [6, 6.07) is 5.99. The molecule has 0 aromatic heterocycles. The molecular formula is C14H19BrO2. The van der Waals surface area contributed by atoms with Crippen LogP contribution in [0.4, 0.5) is 0 Å². The number of benzene rings is 1. The number of carbonyl (C=O) groups is 1. The highest BCUT2D eigenvalue weighted by molar-refractivity contribution is 9.10. The van der Waals surface area contributed by atoms with Gasteiger partial charge in [0.05, 0.1) is 0 Å². The number of ketones is 1. The molecule has 0 saturated carbocycles. The Morgan fingerprint density at radius 1 is 1.41 bits per heavy atom. The van der Waals surface area contributed by atoms with Crippen LogP contribution >= 0.6 is 15.9 Å². The summed E-state index contributed by atoms with van der Waals surface area (Å²) in [4.78, 5) is 11.9. The fourth-order valence-corrected chi connectivity index (χ4v) is 2.32. The molecule has 3 heteroatoms. The van der Waals surface area contributed by atoms with Crippen molar-refractivity contribution in [3.8, 4) is 0 Å². The van der Waals surface area contributed by atoms with E-state index < -0.39 is 6.10 Å². The summed E-state index contributed by atoms with van der Waals surface area (Å²) in [5.41, 5.74) is 2.09. The zero-order valence-electron chi connectivity index (χ0n) is 10.6. The number of halogens is 1. The van der Waals surface area contributed by atoms with Crippen LogP contribution in [0.25, 0.3) is 0 Å². The molecule has 17 heavy (non-hydrogen) atoms. The SMILES string of the molecule is CCCOC(C(=O)CC)c1ccc(C)cc1Br. The third-order valence-electron chi connectivity index (χ3n) is 2.57. The predicted molar refractivity (Wildman–Crippen MR) is 73.2 cm³/mol. The molecule has 0 aliphatic heterocycles. The van der Waals surface area contributed by atoms with Crippen molar-refractivity contribution in [2.75, 3.05) is 6.61 Å². The summed E-state index contributed by atoms with van der Waals surface area (Å²) in [6.07, 6.45) is 0.973. The van der Waals surface area contributed by atoms with Gasteiger partial charge in [-0.3, -0.25) is 4.79 Å². The van der Waals surface area contributed by atoms with Crippen LogP contribution in [-0.2, 0) is 9.53 Å². The fourth-order valence-electron chi connectivity index (χ4n) is 1.62. The maximum absolute atomic E-state index is 11.9. The molecule has 0 spiro atoms. The Balaban J connectivity index is 2.99. The van der Waals surface area contributed by atoms with E-state index >= 15 is 0 Å². The van der Waals surface area contributed by atoms with E-state index in [9.17, 15) is 4.79 Å². The van der Waals surface area contributed by atoms with Crippen molar-refractivity contribution in [2.24, 2.45) is 0 Å². The summed E-state index contributed by atoms with van der Waals surface area (Å²) in [5, 5.41) is 0. The van der Waals surface area contributed by atoms with Gasteiger partial charge in [0.1, 0.15) is 6.10 Å². The largest absolute Gasteiger partial charge is 0.366 e. The lowest BCUT2D eigenvalue weighted by atomic mass is 10.0. The molecule has 0 bridgehead atoms. The lowest BCUT2D eigenvalue weighted by molar-refractivity contribution is -0.130. The van der Waals surface area contributed by atoms with Crippen LogP contribution in [-0.4, -0.2) is 12.4 Å². The van der Waals surface area contributed by atoms with Gasteiger partial charge in [-0.2, -0.15) is 0 Å². The van der Waals surface area contributed by atoms with Crippen LogP contribution in [0.1, 0.15) is 43.9 Å². The Labute approximate surface area is 111 Å². The molecule has 0 radical (unpaired) electrons. The van der Waals surface area contributed by atoms with Gasteiger partial charge in [0.2, 0.25) is 0 Å². The van der Waals surface area contributed by atoms with Crippen LogP contribution in [0.3, 0.4) is 0 Å². The van der Waals surface area contributed by atoms with Crippen molar-refractivity contribution < 1.29 is 9.53 Å². The summed E-state index contributed by atoms with van der Waals surface area (Å²) >= 11 is 3.50. The van der Waals surface area contributed by atoms with Crippen molar-refractivity contribution in [1.82, 2.24) is 0 Å². The van der Waals surface area contributed by atoms with Gasteiger partial charge in [-0.25, -0.2) is 0 Å². The molecule has 1 aromatic carbocycles. The Kier molecular flexibility index (Phi) is 5.86. The van der Waals surface area contributed by atoms with Gasteiger partial charge >= 0.3 is 0 Å². The second-order valence-electron chi connectivity index (χ2n) is 4.10. The van der Waals surface area contributed by atoms with Crippen molar-refractivity contribution in [3.63, 3.8) is 0 Å². The molecule has 2 nitrogen and oxygen atoms in total.